The molecule has 2 aromatic heterocycles. The summed E-state index contributed by atoms with van der Waals surface area (Å²) in [6, 6.07) is 22.3. The number of phenols is 3. The first-order valence-corrected chi connectivity index (χ1v) is 11.0. The number of nitrogens with zero attached hydrogens (tertiary/aromatic N) is 3. The van der Waals surface area contributed by atoms with Crippen LogP contribution in [0.3, 0.4) is 0 Å². The first-order chi connectivity index (χ1) is 16.1. The van der Waals surface area contributed by atoms with Gasteiger partial charge in [-0.15, -0.1) is 11.3 Å². The van der Waals surface area contributed by atoms with Gasteiger partial charge in [0.25, 0.3) is 0 Å². The smallest absolute Gasteiger partial charge is 0.206 e. The molecule has 164 valence electrons. The zero-order valence-electron chi connectivity index (χ0n) is 17.3. The summed E-state index contributed by atoms with van der Waals surface area (Å²) in [7, 11) is 0. The number of aromatic hydroxyl groups is 3. The highest BCUT2D eigenvalue weighted by molar-refractivity contribution is 7.07. The van der Waals surface area contributed by atoms with Gasteiger partial charge in [0.15, 0.2) is 17.3 Å². The van der Waals surface area contributed by atoms with Gasteiger partial charge in [-0.2, -0.15) is 5.10 Å². The van der Waals surface area contributed by atoms with Crippen LogP contribution < -0.4 is 4.80 Å². The van der Waals surface area contributed by atoms with E-state index >= 15 is 0 Å². The lowest BCUT2D eigenvalue weighted by molar-refractivity contribution is 0.367. The highest BCUT2D eigenvalue weighted by Gasteiger charge is 2.14. The number of rotatable bonds is 5. The minimum Gasteiger partial charge on any atom is -0.504 e. The first kappa shape index (κ1) is 20.6. The Kier molecular flexibility index (Phi) is 5.42. The molecule has 3 N–H and O–H groups in total. The topological polar surface area (TPSA) is 103 Å². The van der Waals surface area contributed by atoms with Crippen LogP contribution in [0.4, 0.5) is 0 Å². The normalized spacial score (nSPS) is 12.2. The Morgan fingerprint density at radius 2 is 1.70 bits per heavy atom. The molecule has 0 spiro atoms. The van der Waals surface area contributed by atoms with Crippen molar-refractivity contribution in [3.63, 3.8) is 0 Å². The molecule has 2 heterocycles. The van der Waals surface area contributed by atoms with Crippen LogP contribution in [0.1, 0.15) is 11.1 Å². The third kappa shape index (κ3) is 4.11. The Hall–Kier alpha value is -4.30. The number of para-hydroxylation sites is 1. The standard InChI is InChI=1S/C25H19N3O4S/c29-20-11-10-18(23(30)24(20)31)14-27-28-19(22-12-17-8-4-5-9-21(17)32-22)15-33-25(28)26-13-16-6-2-1-3-7-16/h1-12,14-15,29-31H,13H2. The van der Waals surface area contributed by atoms with Crippen LogP contribution >= 0.6 is 11.3 Å². The average Bonchev–Trinajstić information content (AvgIpc) is 3.45. The van der Waals surface area contributed by atoms with Crippen LogP contribution in [0.15, 0.2) is 92.7 Å². The molecule has 0 atom stereocenters. The fraction of sp³-hybridized carbons (Fsp3) is 0.0400. The highest BCUT2D eigenvalue weighted by Crippen LogP contribution is 2.36. The third-order valence-electron chi connectivity index (χ3n) is 5.08. The summed E-state index contributed by atoms with van der Waals surface area (Å²) < 4.78 is 7.66. The van der Waals surface area contributed by atoms with Crippen molar-refractivity contribution in [2.24, 2.45) is 10.1 Å². The molecule has 0 fully saturated rings. The molecular weight excluding hydrogens is 438 g/mol. The van der Waals surface area contributed by atoms with E-state index in [1.54, 1.807) is 4.68 Å². The van der Waals surface area contributed by atoms with E-state index in [1.165, 1.54) is 29.7 Å². The predicted octanol–water partition coefficient (Wildman–Crippen LogP) is 5.06. The summed E-state index contributed by atoms with van der Waals surface area (Å²) in [4.78, 5) is 5.35. The monoisotopic (exact) mass is 457 g/mol. The number of hydrogen-bond acceptors (Lipinski definition) is 7. The van der Waals surface area contributed by atoms with E-state index in [0.717, 1.165) is 16.5 Å². The number of fused-ring (bicyclic) bond motifs is 1. The van der Waals surface area contributed by atoms with Crippen molar-refractivity contribution in [2.45, 2.75) is 6.54 Å². The minimum absolute atomic E-state index is 0.244. The van der Waals surface area contributed by atoms with Crippen LogP contribution in [-0.2, 0) is 6.54 Å². The van der Waals surface area contributed by atoms with Gasteiger partial charge in [0.2, 0.25) is 10.6 Å². The Morgan fingerprint density at radius 3 is 2.52 bits per heavy atom. The molecular formula is C25H19N3O4S. The molecule has 7 nitrogen and oxygen atoms in total. The second-order valence-electron chi connectivity index (χ2n) is 7.28. The number of phenolic OH excluding ortho intramolecular Hbond substituents is 3. The van der Waals surface area contributed by atoms with Crippen LogP contribution in [0.2, 0.25) is 0 Å². The largest absolute Gasteiger partial charge is 0.504 e. The molecule has 0 saturated heterocycles. The van der Waals surface area contributed by atoms with Gasteiger partial charge in [-0.1, -0.05) is 48.5 Å². The van der Waals surface area contributed by atoms with Gasteiger partial charge >= 0.3 is 0 Å². The van der Waals surface area contributed by atoms with Gasteiger partial charge in [0, 0.05) is 16.3 Å². The van der Waals surface area contributed by atoms with E-state index in [9.17, 15) is 15.3 Å². The van der Waals surface area contributed by atoms with Crippen molar-refractivity contribution < 1.29 is 19.7 Å². The maximum Gasteiger partial charge on any atom is 0.206 e. The summed E-state index contributed by atoms with van der Waals surface area (Å²) in [5.74, 6) is -0.832. The van der Waals surface area contributed by atoms with Gasteiger partial charge in [-0.25, -0.2) is 4.68 Å². The Bertz CT molecular complexity index is 1500. The second-order valence-corrected chi connectivity index (χ2v) is 8.12. The molecule has 0 radical (unpaired) electrons. The van der Waals surface area contributed by atoms with Crippen molar-refractivity contribution in [2.75, 3.05) is 0 Å². The summed E-state index contributed by atoms with van der Waals surface area (Å²) in [5.41, 5.74) is 2.77. The Labute approximate surface area is 192 Å². The fourth-order valence-corrected chi connectivity index (χ4v) is 4.17. The number of furan rings is 1. The number of thiazole rings is 1. The van der Waals surface area contributed by atoms with Crippen molar-refractivity contribution in [1.29, 1.82) is 0 Å². The van der Waals surface area contributed by atoms with E-state index in [-0.39, 0.29) is 5.56 Å². The zero-order chi connectivity index (χ0) is 22.8. The molecule has 0 unspecified atom stereocenters. The molecule has 33 heavy (non-hydrogen) atoms. The van der Waals surface area contributed by atoms with Crippen molar-refractivity contribution in [1.82, 2.24) is 4.68 Å². The number of hydrogen-bond donors (Lipinski definition) is 3. The van der Waals surface area contributed by atoms with E-state index in [0.29, 0.717) is 22.8 Å². The van der Waals surface area contributed by atoms with Crippen molar-refractivity contribution in [3.8, 4) is 28.7 Å². The van der Waals surface area contributed by atoms with Crippen LogP contribution in [0.25, 0.3) is 22.4 Å². The Balaban J connectivity index is 1.61. The molecule has 8 heteroatoms. The quantitative estimate of drug-likeness (QED) is 0.253. The lowest BCUT2D eigenvalue weighted by Gasteiger charge is -2.04. The molecule has 0 saturated carbocycles. The van der Waals surface area contributed by atoms with Crippen LogP contribution in [-0.4, -0.2) is 26.2 Å². The second kappa shape index (κ2) is 8.68. The number of aromatic nitrogens is 1. The predicted molar refractivity (Wildman–Crippen MR) is 128 cm³/mol. The lowest BCUT2D eigenvalue weighted by atomic mass is 10.2. The van der Waals surface area contributed by atoms with Gasteiger partial charge in [-0.3, -0.25) is 4.99 Å². The number of benzene rings is 3. The van der Waals surface area contributed by atoms with Gasteiger partial charge in [0.1, 0.15) is 11.3 Å². The molecule has 3 aromatic carbocycles. The SMILES string of the molecule is Oc1ccc(C=Nn2c(-c3cc4ccccc4o3)csc2=NCc2ccccc2)c(O)c1O. The fourth-order valence-electron chi connectivity index (χ4n) is 3.35. The third-order valence-corrected chi connectivity index (χ3v) is 5.93. The molecule has 0 aliphatic carbocycles. The first-order valence-electron chi connectivity index (χ1n) is 10.1. The summed E-state index contributed by atoms with van der Waals surface area (Å²) >= 11 is 1.42. The summed E-state index contributed by atoms with van der Waals surface area (Å²) in [6.07, 6.45) is 1.40. The van der Waals surface area contributed by atoms with E-state index < -0.39 is 17.2 Å². The maximum absolute atomic E-state index is 10.2. The molecule has 0 amide bonds. The summed E-state index contributed by atoms with van der Waals surface area (Å²) in [5, 5.41) is 37.0. The minimum atomic E-state index is -0.597. The average molecular weight is 458 g/mol. The van der Waals surface area contributed by atoms with E-state index in [1.807, 2.05) is 66.0 Å². The van der Waals surface area contributed by atoms with Crippen molar-refractivity contribution >= 4 is 28.5 Å². The maximum atomic E-state index is 10.2. The molecule has 0 aliphatic heterocycles. The van der Waals surface area contributed by atoms with E-state index in [4.69, 9.17) is 9.41 Å². The van der Waals surface area contributed by atoms with E-state index in [2.05, 4.69) is 5.10 Å². The van der Waals surface area contributed by atoms with Gasteiger partial charge in [0.05, 0.1) is 12.8 Å². The molecule has 0 bridgehead atoms. The molecule has 0 aliphatic rings. The van der Waals surface area contributed by atoms with Gasteiger partial charge in [-0.05, 0) is 29.8 Å². The zero-order valence-corrected chi connectivity index (χ0v) is 18.1. The van der Waals surface area contributed by atoms with Crippen molar-refractivity contribution in [3.05, 3.63) is 94.1 Å². The highest BCUT2D eigenvalue weighted by atomic mass is 32.1. The lowest BCUT2D eigenvalue weighted by Crippen LogP contribution is -2.12. The van der Waals surface area contributed by atoms with Gasteiger partial charge < -0.3 is 19.7 Å². The molecule has 5 aromatic rings. The van der Waals surface area contributed by atoms with Crippen LogP contribution in [0.5, 0.6) is 17.2 Å². The van der Waals surface area contributed by atoms with Crippen LogP contribution in [0, 0.1) is 0 Å². The molecule has 5 rings (SSSR count). The summed E-state index contributed by atoms with van der Waals surface area (Å²) in [6.45, 7) is 0.474. The Morgan fingerprint density at radius 1 is 0.909 bits per heavy atom.